The Morgan fingerprint density at radius 3 is 2.87 bits per heavy atom. The van der Waals surface area contributed by atoms with E-state index in [0.29, 0.717) is 4.60 Å². The van der Waals surface area contributed by atoms with E-state index in [9.17, 15) is 4.79 Å². The molecule has 0 fully saturated rings. The van der Waals surface area contributed by atoms with Crippen molar-refractivity contribution in [3.63, 3.8) is 0 Å². The zero-order valence-electron chi connectivity index (χ0n) is 7.04. The Hall–Kier alpha value is -0.410. The highest BCUT2D eigenvalue weighted by molar-refractivity contribution is 14.1. The van der Waals surface area contributed by atoms with Gasteiger partial charge in [-0.25, -0.2) is 4.68 Å². The first-order valence-corrected chi connectivity index (χ1v) is 5.99. The second-order valence-electron chi connectivity index (χ2n) is 2.62. The topological polar surface area (TPSA) is 63.6 Å². The van der Waals surface area contributed by atoms with E-state index in [0.717, 1.165) is 3.57 Å². The van der Waals surface area contributed by atoms with Crippen LogP contribution in [-0.4, -0.2) is 20.0 Å². The molecule has 2 heterocycles. The molecule has 0 aliphatic carbocycles. The van der Waals surface area contributed by atoms with Crippen LogP contribution in [0.15, 0.2) is 21.7 Å². The van der Waals surface area contributed by atoms with Gasteiger partial charge in [-0.15, -0.1) is 0 Å². The molecule has 2 rings (SSSR count). The van der Waals surface area contributed by atoms with Gasteiger partial charge in [0.2, 0.25) is 11.2 Å². The minimum Gasteiger partial charge on any atom is -0.286 e. The zero-order valence-corrected chi connectivity index (χ0v) is 11.5. The monoisotopic (exact) mass is 400 g/mol. The van der Waals surface area contributed by atoms with Gasteiger partial charge < -0.3 is 0 Å². The number of nitrogens with one attached hydrogen (secondary N) is 1. The average Bonchev–Trinajstić information content (AvgIpc) is 2.46. The second-order valence-corrected chi connectivity index (χ2v) is 4.94. The van der Waals surface area contributed by atoms with Crippen LogP contribution in [0, 0.1) is 3.57 Å². The average molecular weight is 401 g/mol. The first-order valence-electron chi connectivity index (χ1n) is 3.74. The third-order valence-electron chi connectivity index (χ3n) is 1.59. The fraction of sp³-hybridized carbons (Fsp3) is 0. The lowest BCUT2D eigenvalue weighted by Crippen LogP contribution is -2.14. The lowest BCUT2D eigenvalue weighted by molar-refractivity contribution is 0.799. The van der Waals surface area contributed by atoms with E-state index in [-0.39, 0.29) is 16.4 Å². The van der Waals surface area contributed by atoms with Gasteiger partial charge in [0.25, 0.3) is 0 Å². The van der Waals surface area contributed by atoms with Crippen molar-refractivity contribution in [2.24, 2.45) is 0 Å². The highest BCUT2D eigenvalue weighted by Gasteiger charge is 2.09. The molecule has 5 nitrogen and oxygen atoms in total. The number of aromatic amines is 1. The SMILES string of the molecule is O=c1cc(Cl)[nH]nc1-n1cc(I)c(Br)n1. The van der Waals surface area contributed by atoms with Crippen LogP contribution in [0.1, 0.15) is 0 Å². The van der Waals surface area contributed by atoms with Crippen molar-refractivity contribution in [3.8, 4) is 5.82 Å². The maximum absolute atomic E-state index is 11.5. The molecule has 0 bridgehead atoms. The zero-order chi connectivity index (χ0) is 11.0. The molecule has 0 unspecified atom stereocenters. The molecule has 0 spiro atoms. The summed E-state index contributed by atoms with van der Waals surface area (Å²) >= 11 is 10.9. The van der Waals surface area contributed by atoms with Crippen LogP contribution in [0.2, 0.25) is 5.15 Å². The van der Waals surface area contributed by atoms with Crippen molar-refractivity contribution >= 4 is 50.1 Å². The van der Waals surface area contributed by atoms with Gasteiger partial charge in [0.05, 0.1) is 3.57 Å². The van der Waals surface area contributed by atoms with Crippen LogP contribution < -0.4 is 5.43 Å². The van der Waals surface area contributed by atoms with Crippen LogP contribution in [0.3, 0.4) is 0 Å². The Morgan fingerprint density at radius 1 is 1.60 bits per heavy atom. The highest BCUT2D eigenvalue weighted by atomic mass is 127. The Balaban J connectivity index is 2.59. The van der Waals surface area contributed by atoms with Gasteiger partial charge in [0.1, 0.15) is 9.76 Å². The van der Waals surface area contributed by atoms with Gasteiger partial charge in [-0.05, 0) is 38.5 Å². The molecule has 0 saturated carbocycles. The summed E-state index contributed by atoms with van der Waals surface area (Å²) in [6.07, 6.45) is 1.69. The third kappa shape index (κ3) is 2.23. The Morgan fingerprint density at radius 2 is 2.33 bits per heavy atom. The number of hydrogen-bond donors (Lipinski definition) is 1. The molecule has 2 aromatic rings. The van der Waals surface area contributed by atoms with E-state index in [2.05, 4.69) is 53.8 Å². The lowest BCUT2D eigenvalue weighted by atomic mass is 10.5. The first-order chi connectivity index (χ1) is 7.08. The molecule has 0 aromatic carbocycles. The standard InChI is InChI=1S/C7H3BrClIN4O/c8-6-3(10)2-14(13-6)7-4(15)1-5(9)11-12-7/h1-2H,(H,11,15). The van der Waals surface area contributed by atoms with Crippen molar-refractivity contribution in [3.05, 3.63) is 35.8 Å². The number of hydrogen-bond acceptors (Lipinski definition) is 3. The van der Waals surface area contributed by atoms with Crippen molar-refractivity contribution in [2.75, 3.05) is 0 Å². The Labute approximate surface area is 111 Å². The fourth-order valence-electron chi connectivity index (χ4n) is 0.978. The number of aromatic nitrogens is 4. The molecule has 1 N–H and O–H groups in total. The van der Waals surface area contributed by atoms with Crippen LogP contribution in [0.25, 0.3) is 5.82 Å². The van der Waals surface area contributed by atoms with Crippen molar-refractivity contribution < 1.29 is 0 Å². The normalized spacial score (nSPS) is 10.6. The maximum atomic E-state index is 11.5. The lowest BCUT2D eigenvalue weighted by Gasteiger charge is -1.97. The Kier molecular flexibility index (Phi) is 3.12. The van der Waals surface area contributed by atoms with E-state index < -0.39 is 0 Å². The van der Waals surface area contributed by atoms with E-state index in [1.807, 2.05) is 0 Å². The fourth-order valence-corrected chi connectivity index (χ4v) is 1.76. The number of rotatable bonds is 1. The third-order valence-corrected chi connectivity index (χ3v) is 3.90. The van der Waals surface area contributed by atoms with Crippen LogP contribution in [0.5, 0.6) is 0 Å². The molecule has 0 saturated heterocycles. The summed E-state index contributed by atoms with van der Waals surface area (Å²) in [5, 5.41) is 10.6. The van der Waals surface area contributed by atoms with Crippen molar-refractivity contribution in [1.82, 2.24) is 20.0 Å². The smallest absolute Gasteiger partial charge is 0.227 e. The summed E-state index contributed by atoms with van der Waals surface area (Å²) in [6, 6.07) is 1.26. The molecule has 0 aliphatic rings. The summed E-state index contributed by atoms with van der Waals surface area (Å²) in [5.41, 5.74) is -0.287. The molecule has 0 aliphatic heterocycles. The minimum absolute atomic E-state index is 0.183. The van der Waals surface area contributed by atoms with Crippen LogP contribution >= 0.6 is 50.1 Å². The number of nitrogens with zero attached hydrogens (tertiary/aromatic N) is 3. The quantitative estimate of drug-likeness (QED) is 0.744. The summed E-state index contributed by atoms with van der Waals surface area (Å²) in [7, 11) is 0. The molecule has 0 atom stereocenters. The molecular weight excluding hydrogens is 398 g/mol. The van der Waals surface area contributed by atoms with E-state index in [4.69, 9.17) is 11.6 Å². The first kappa shape index (κ1) is 11.1. The molecule has 78 valence electrons. The summed E-state index contributed by atoms with van der Waals surface area (Å²) in [6.45, 7) is 0. The second kappa shape index (κ2) is 4.22. The molecule has 0 radical (unpaired) electrons. The maximum Gasteiger partial charge on any atom is 0.227 e. The molecule has 8 heteroatoms. The number of H-pyrrole nitrogens is 1. The molecule has 15 heavy (non-hydrogen) atoms. The largest absolute Gasteiger partial charge is 0.286 e. The summed E-state index contributed by atoms with van der Waals surface area (Å²) < 4.78 is 2.95. The summed E-state index contributed by atoms with van der Waals surface area (Å²) in [4.78, 5) is 11.5. The van der Waals surface area contributed by atoms with E-state index in [1.54, 1.807) is 6.20 Å². The van der Waals surface area contributed by atoms with E-state index >= 15 is 0 Å². The van der Waals surface area contributed by atoms with Gasteiger partial charge in [-0.1, -0.05) is 11.6 Å². The summed E-state index contributed by atoms with van der Waals surface area (Å²) in [5.74, 6) is 0.183. The molecule has 2 aromatic heterocycles. The predicted molar refractivity (Wildman–Crippen MR) is 67.4 cm³/mol. The van der Waals surface area contributed by atoms with Crippen molar-refractivity contribution in [2.45, 2.75) is 0 Å². The van der Waals surface area contributed by atoms with Gasteiger partial charge in [0, 0.05) is 12.3 Å². The molecule has 0 amide bonds. The van der Waals surface area contributed by atoms with Gasteiger partial charge >= 0.3 is 0 Å². The van der Waals surface area contributed by atoms with Crippen molar-refractivity contribution in [1.29, 1.82) is 0 Å². The van der Waals surface area contributed by atoms with Crippen LogP contribution in [-0.2, 0) is 0 Å². The predicted octanol–water partition coefficient (Wildman–Crippen LogP) is 1.98. The molecular formula is C7H3BrClIN4O. The van der Waals surface area contributed by atoms with E-state index in [1.165, 1.54) is 10.7 Å². The highest BCUT2D eigenvalue weighted by Crippen LogP contribution is 2.17. The van der Waals surface area contributed by atoms with Crippen LogP contribution in [0.4, 0.5) is 0 Å². The Bertz CT molecular complexity index is 547. The van der Waals surface area contributed by atoms with Gasteiger partial charge in [0.15, 0.2) is 0 Å². The van der Waals surface area contributed by atoms with Gasteiger partial charge in [-0.3, -0.25) is 9.89 Å². The number of halogens is 3. The van der Waals surface area contributed by atoms with Gasteiger partial charge in [-0.2, -0.15) is 10.2 Å². The minimum atomic E-state index is -0.287.